The van der Waals surface area contributed by atoms with Gasteiger partial charge < -0.3 is 29.3 Å². The van der Waals surface area contributed by atoms with E-state index < -0.39 is 46.9 Å². The number of halogens is 2. The van der Waals surface area contributed by atoms with Crippen LogP contribution in [0.5, 0.6) is 0 Å². The Labute approximate surface area is 377 Å². The number of benzene rings is 3. The molecular weight excluding hydrogens is 857 g/mol. The lowest BCUT2D eigenvalue weighted by Gasteiger charge is -2.41. The number of carbonyl (C=O) groups is 5. The van der Waals surface area contributed by atoms with Gasteiger partial charge in [0.25, 0.3) is 11.8 Å². The van der Waals surface area contributed by atoms with E-state index >= 15 is 8.78 Å². The molecule has 5 amide bonds. The number of thiazole rings is 1. The van der Waals surface area contributed by atoms with Gasteiger partial charge in [-0.2, -0.15) is 0 Å². The molecule has 2 unspecified atom stereocenters. The van der Waals surface area contributed by atoms with Crippen LogP contribution in [0.2, 0.25) is 0 Å². The number of nitrogens with zero attached hydrogens (tertiary/aromatic N) is 7. The van der Waals surface area contributed by atoms with Gasteiger partial charge in [0.15, 0.2) is 11.2 Å². The zero-order chi connectivity index (χ0) is 45.0. The predicted octanol–water partition coefficient (Wildman–Crippen LogP) is 5.16. The van der Waals surface area contributed by atoms with Crippen LogP contribution in [0.3, 0.4) is 0 Å². The third-order valence-electron chi connectivity index (χ3n) is 13.6. The second kappa shape index (κ2) is 17.1. The van der Waals surface area contributed by atoms with Crippen molar-refractivity contribution in [2.45, 2.75) is 75.6 Å². The van der Waals surface area contributed by atoms with Crippen molar-refractivity contribution < 1.29 is 37.9 Å². The number of amides is 5. The van der Waals surface area contributed by atoms with E-state index in [1.807, 2.05) is 33.7 Å². The van der Waals surface area contributed by atoms with Gasteiger partial charge in [-0.3, -0.25) is 34.6 Å². The number of nitrogens with one attached hydrogen (secondary N) is 2. The van der Waals surface area contributed by atoms with Gasteiger partial charge in [0.05, 0.1) is 42.2 Å². The molecule has 65 heavy (non-hydrogen) atoms. The average Bonchev–Trinajstić information content (AvgIpc) is 4.12. The number of aryl methyl sites for hydroxylation is 1. The summed E-state index contributed by atoms with van der Waals surface area (Å²) in [5.41, 5.74) is 3.65. The van der Waals surface area contributed by atoms with E-state index in [1.54, 1.807) is 41.0 Å². The number of hydrogen-bond donors (Lipinski definition) is 3. The second-order valence-corrected chi connectivity index (χ2v) is 18.4. The van der Waals surface area contributed by atoms with Crippen molar-refractivity contribution in [3.63, 3.8) is 0 Å². The molecule has 0 spiro atoms. The summed E-state index contributed by atoms with van der Waals surface area (Å²) >= 11 is 1.26. The van der Waals surface area contributed by atoms with Crippen molar-refractivity contribution >= 4 is 57.4 Å². The quantitative estimate of drug-likeness (QED) is 0.159. The van der Waals surface area contributed by atoms with Crippen LogP contribution in [-0.4, -0.2) is 104 Å². The summed E-state index contributed by atoms with van der Waals surface area (Å²) in [7, 11) is 0. The fourth-order valence-electron chi connectivity index (χ4n) is 9.99. The molecule has 5 aliphatic rings. The smallest absolute Gasteiger partial charge is 0.255 e. The fraction of sp³-hybridized carbons (Fsp3) is 0.383. The molecule has 2 atom stereocenters. The van der Waals surface area contributed by atoms with E-state index in [0.29, 0.717) is 91.7 Å². The number of imidazole rings is 1. The maximum atomic E-state index is 15.9. The minimum atomic E-state index is -1.22. The predicted molar refractivity (Wildman–Crippen MR) is 237 cm³/mol. The molecule has 5 aliphatic heterocycles. The molecule has 336 valence electrons. The number of rotatable bonds is 10. The summed E-state index contributed by atoms with van der Waals surface area (Å²) in [6.07, 6.45) is 5.98. The number of anilines is 3. The molecule has 3 aromatic carbocycles. The van der Waals surface area contributed by atoms with Gasteiger partial charge in [-0.25, -0.2) is 18.7 Å². The Balaban J connectivity index is 0.744. The molecule has 2 aromatic heterocycles. The Morgan fingerprint density at radius 3 is 2.40 bits per heavy atom. The summed E-state index contributed by atoms with van der Waals surface area (Å²) in [5, 5.41) is 18.7. The third kappa shape index (κ3) is 8.24. The molecule has 0 bridgehead atoms. The number of hydrogen-bond acceptors (Lipinski definition) is 11. The van der Waals surface area contributed by atoms with E-state index in [4.69, 9.17) is 0 Å². The maximum absolute atomic E-state index is 15.9. The Bertz CT molecular complexity index is 2690. The molecule has 10 rings (SSSR count). The number of piperidine rings is 2. The first-order valence-corrected chi connectivity index (χ1v) is 22.9. The van der Waals surface area contributed by atoms with Crippen molar-refractivity contribution in [1.29, 1.82) is 0 Å². The topological polar surface area (TPSA) is 173 Å². The molecule has 0 radical (unpaired) electrons. The van der Waals surface area contributed by atoms with Gasteiger partial charge >= 0.3 is 0 Å². The van der Waals surface area contributed by atoms with Crippen molar-refractivity contribution in [3.05, 3.63) is 112 Å². The van der Waals surface area contributed by atoms with Crippen molar-refractivity contribution in [1.82, 2.24) is 29.7 Å². The van der Waals surface area contributed by atoms with Gasteiger partial charge in [-0.1, -0.05) is 18.2 Å². The van der Waals surface area contributed by atoms with Gasteiger partial charge in [-0.05, 0) is 85.2 Å². The number of piperazine rings is 1. The highest BCUT2D eigenvalue weighted by Crippen LogP contribution is 2.39. The Hall–Kier alpha value is -6.53. The van der Waals surface area contributed by atoms with E-state index in [-0.39, 0.29) is 42.3 Å². The van der Waals surface area contributed by atoms with Crippen LogP contribution < -0.4 is 20.4 Å². The molecule has 3 N–H and O–H groups in total. The molecular formula is C47H47F2N9O6S. The molecule has 18 heteroatoms. The Morgan fingerprint density at radius 2 is 1.68 bits per heavy atom. The number of fused-ring (bicyclic) bond motifs is 2. The minimum Gasteiger partial charge on any atom is -0.389 e. The first-order chi connectivity index (χ1) is 31.4. The molecule has 5 aromatic rings. The summed E-state index contributed by atoms with van der Waals surface area (Å²) in [6.45, 7) is 3.48. The van der Waals surface area contributed by atoms with Gasteiger partial charge in [0.2, 0.25) is 17.7 Å². The zero-order valence-corrected chi connectivity index (χ0v) is 36.3. The highest BCUT2D eigenvalue weighted by molar-refractivity contribution is 7.13. The van der Waals surface area contributed by atoms with Crippen LogP contribution in [0.15, 0.2) is 72.5 Å². The number of carbonyl (C=O) groups excluding carboxylic acids is 5. The monoisotopic (exact) mass is 903 g/mol. The lowest BCUT2D eigenvalue weighted by atomic mass is 9.87. The normalized spacial score (nSPS) is 19.9. The summed E-state index contributed by atoms with van der Waals surface area (Å²) in [4.78, 5) is 81.2. The lowest BCUT2D eigenvalue weighted by molar-refractivity contribution is -0.138. The first-order valence-electron chi connectivity index (χ1n) is 22.0. The van der Waals surface area contributed by atoms with E-state index in [1.165, 1.54) is 28.4 Å². The van der Waals surface area contributed by atoms with Gasteiger partial charge in [0.1, 0.15) is 11.6 Å². The number of imide groups is 1. The van der Waals surface area contributed by atoms with Crippen LogP contribution in [0.25, 0.3) is 11.1 Å². The fourth-order valence-corrected chi connectivity index (χ4v) is 10.5. The SMILES string of the molecule is O=C1CCC(c2ccc(N3CCC(O)(CC(=O)N4CCN(c5ccc(-c6cc(F)c7c(c6)C(=O)N(C(C(=O)Nc6nccs6)c6ncn8c6CCC8)C7)cc5)CC4)CC3)c(F)c2)C(=O)N1. The van der Waals surface area contributed by atoms with Crippen molar-refractivity contribution in [3.8, 4) is 11.1 Å². The van der Waals surface area contributed by atoms with Crippen molar-refractivity contribution in [2.75, 3.05) is 54.4 Å². The largest absolute Gasteiger partial charge is 0.389 e. The maximum Gasteiger partial charge on any atom is 0.255 e. The molecule has 15 nitrogen and oxygen atoms in total. The minimum absolute atomic E-state index is 0.0318. The van der Waals surface area contributed by atoms with Crippen LogP contribution in [-0.2, 0) is 38.7 Å². The highest BCUT2D eigenvalue weighted by atomic mass is 32.1. The first kappa shape index (κ1) is 42.4. The van der Waals surface area contributed by atoms with E-state index in [9.17, 15) is 29.1 Å². The highest BCUT2D eigenvalue weighted by Gasteiger charge is 2.43. The molecule has 3 saturated heterocycles. The molecule has 0 aliphatic carbocycles. The Kier molecular flexibility index (Phi) is 11.2. The standard InChI is InChI=1S/C47H47F2N9O6S/c48-35-24-30(22-33-34(35)26-58(45(33)63)42(44(62)53-46-50-13-21-65-46)41-38-2-1-14-57(38)27-51-41)28-3-6-31(7-4-28)54-17-19-56(20-18-54)40(60)25-47(64)11-15-55(16-12-47)37-9-5-29(23-36(37)49)32-8-10-39(59)52-43(32)61/h3-7,9,13,21-24,27,32,42,64H,1-2,8,10-12,14-20,25-26H2,(H,50,53,62)(H,52,59,61). The van der Waals surface area contributed by atoms with Crippen LogP contribution in [0, 0.1) is 11.6 Å². The lowest BCUT2D eigenvalue weighted by Crippen LogP contribution is -2.52. The average molecular weight is 904 g/mol. The molecule has 7 heterocycles. The second-order valence-electron chi connectivity index (χ2n) is 17.5. The summed E-state index contributed by atoms with van der Waals surface area (Å²) in [5.74, 6) is -3.39. The molecule has 0 saturated carbocycles. The Morgan fingerprint density at radius 1 is 0.892 bits per heavy atom. The van der Waals surface area contributed by atoms with Gasteiger partial charge in [0, 0.05) is 86.3 Å². The third-order valence-corrected chi connectivity index (χ3v) is 14.3. The zero-order valence-electron chi connectivity index (χ0n) is 35.5. The number of aliphatic hydroxyl groups is 1. The van der Waals surface area contributed by atoms with Crippen LogP contribution >= 0.6 is 11.3 Å². The van der Waals surface area contributed by atoms with E-state index in [2.05, 4.69) is 25.5 Å². The van der Waals surface area contributed by atoms with Crippen LogP contribution in [0.1, 0.15) is 83.4 Å². The van der Waals surface area contributed by atoms with Crippen LogP contribution in [0.4, 0.5) is 25.3 Å². The summed E-state index contributed by atoms with van der Waals surface area (Å²) < 4.78 is 33.3. The van der Waals surface area contributed by atoms with E-state index in [0.717, 1.165) is 30.8 Å². The van der Waals surface area contributed by atoms with Gasteiger partial charge in [-0.15, -0.1) is 11.3 Å². The van der Waals surface area contributed by atoms with Crippen molar-refractivity contribution in [2.24, 2.45) is 0 Å². The summed E-state index contributed by atoms with van der Waals surface area (Å²) in [6, 6.07) is 14.4. The number of aromatic nitrogens is 3. The molecule has 3 fully saturated rings.